The molecule has 6 aromatic heterocycles. The van der Waals surface area contributed by atoms with Crippen LogP contribution in [0.25, 0.3) is 65.6 Å². The number of rotatable bonds is 9. The van der Waals surface area contributed by atoms with Gasteiger partial charge in [0.05, 0.1) is 0 Å². The molecule has 9 heterocycles. The third-order valence-corrected chi connectivity index (χ3v) is 32.9. The second-order valence-corrected chi connectivity index (χ2v) is 39.6. The van der Waals surface area contributed by atoms with Crippen LogP contribution in [0.2, 0.25) is 5.02 Å². The van der Waals surface area contributed by atoms with Crippen molar-refractivity contribution in [3.8, 4) is 18.2 Å². The molecule has 0 atom stereocenters. The van der Waals surface area contributed by atoms with Crippen molar-refractivity contribution in [2.75, 3.05) is 14.7 Å². The molecule has 3 aliphatic heterocycles. The molecule has 9 aromatic carbocycles. The summed E-state index contributed by atoms with van der Waals surface area (Å²) in [5.74, 6) is -0.292. The molecule has 0 saturated heterocycles. The van der Waals surface area contributed by atoms with Crippen molar-refractivity contribution < 1.29 is 4.39 Å². The van der Waals surface area contributed by atoms with Crippen LogP contribution in [0.4, 0.5) is 52.2 Å². The Morgan fingerprint density at radius 3 is 1.03 bits per heavy atom. The second-order valence-electron chi connectivity index (χ2n) is 22.4. The SMILES string of the molecule is Cc1ccc2nc(/C(C#N)=C/c3ccc(N4c5ccccc5[Se]c5ccccc54)[se]3)sc2c1.N#C/C(=C\c1ccc(N2c3ccccc3[Se]c3ccccc32)[se]1)c1nc2ccc(Cl)cc2s1.N#C/C(=C\c1ccc(N2c3ccccc3[Se]c3ccccc32)[se]1)c1nc2ccc(F)cc2s1. The number of benzene rings is 9. The van der Waals surface area contributed by atoms with E-state index in [1.165, 1.54) is 119 Å². The first-order chi connectivity index (χ1) is 48.6. The van der Waals surface area contributed by atoms with Crippen LogP contribution in [0.5, 0.6) is 0 Å². The molecule has 0 unspecified atom stereocenters. The number of hydrogen-bond donors (Lipinski definition) is 0. The van der Waals surface area contributed by atoms with Gasteiger partial charge >= 0.3 is 630 Å². The Kier molecular flexibility index (Phi) is 18.8. The molecule has 0 saturated carbocycles. The first-order valence-electron chi connectivity index (χ1n) is 30.7. The topological polar surface area (TPSA) is 120 Å². The number of thiazole rings is 3. The molecule has 15 aromatic rings. The number of allylic oxidation sites excluding steroid dienone is 3. The number of nitrogens with zero attached hydrogens (tertiary/aromatic N) is 9. The molecule has 0 spiro atoms. The van der Waals surface area contributed by atoms with E-state index in [9.17, 15) is 20.2 Å². The summed E-state index contributed by atoms with van der Waals surface area (Å²) in [5.41, 5.74) is 13.1. The van der Waals surface area contributed by atoms with Gasteiger partial charge in [-0.25, -0.2) is 0 Å². The van der Waals surface area contributed by atoms with Gasteiger partial charge in [0.15, 0.2) is 0 Å². The summed E-state index contributed by atoms with van der Waals surface area (Å²) in [6.45, 7) is 2.08. The van der Waals surface area contributed by atoms with Gasteiger partial charge in [0.2, 0.25) is 0 Å². The van der Waals surface area contributed by atoms with Crippen molar-refractivity contribution in [3.05, 3.63) is 281 Å². The van der Waals surface area contributed by atoms with Gasteiger partial charge in [-0.3, -0.25) is 0 Å². The molecule has 9 nitrogen and oxygen atoms in total. The van der Waals surface area contributed by atoms with Gasteiger partial charge in [0.25, 0.3) is 0 Å². The molecule has 18 rings (SSSR count). The van der Waals surface area contributed by atoms with Crippen molar-refractivity contribution in [1.29, 1.82) is 15.8 Å². The van der Waals surface area contributed by atoms with E-state index >= 15 is 0 Å². The molecule has 0 aliphatic carbocycles. The predicted molar refractivity (Wildman–Crippen MR) is 418 cm³/mol. The minimum absolute atomic E-state index is 0.0372. The van der Waals surface area contributed by atoms with E-state index in [1.54, 1.807) is 17.4 Å². The van der Waals surface area contributed by atoms with Gasteiger partial charge in [-0.2, -0.15) is 0 Å². The summed E-state index contributed by atoms with van der Waals surface area (Å²) >= 11 is 11.7. The zero-order valence-electron chi connectivity index (χ0n) is 51.7. The fourth-order valence-electron chi connectivity index (χ4n) is 11.5. The standard InChI is InChI=1S/C27H17N3SSe2.C26H14ClN3SSe2.C26H14FN3SSe2/c1-17-10-12-20-23(14-17)31-27(29-20)18(16-28)15-19-11-13-26(32-19)30-21-6-2-4-8-24(21)33-25-9-5-3-7-22(25)30;2*27-17-9-11-19-22(14-17)31-26(29-19)16(15-28)13-18-10-12-25(32-18)30-20-5-1-3-7-23(20)33-24-8-4-2-6-21(24)30/h2-15H,1H3;2*1-14H/b18-15+;2*16-13+. The predicted octanol–water partition coefficient (Wildman–Crippen LogP) is 15.7. The molecule has 20 heteroatoms. The van der Waals surface area contributed by atoms with Crippen LogP contribution < -0.4 is 41.5 Å². The molecule has 474 valence electrons. The van der Waals surface area contributed by atoms with Crippen LogP contribution in [0.1, 0.15) is 33.9 Å². The van der Waals surface area contributed by atoms with Crippen LogP contribution in [0.15, 0.2) is 237 Å². The van der Waals surface area contributed by atoms with Crippen LogP contribution in [-0.2, 0) is 0 Å². The van der Waals surface area contributed by atoms with E-state index in [-0.39, 0.29) is 64.3 Å². The number of anilines is 9. The van der Waals surface area contributed by atoms with Crippen LogP contribution in [-0.4, -0.2) is 103 Å². The van der Waals surface area contributed by atoms with Gasteiger partial charge < -0.3 is 0 Å². The summed E-state index contributed by atoms with van der Waals surface area (Å²) < 4.78 is 32.1. The van der Waals surface area contributed by atoms with Crippen molar-refractivity contribution in [3.63, 3.8) is 0 Å². The summed E-state index contributed by atoms with van der Waals surface area (Å²) in [4.78, 5) is 21.1. The van der Waals surface area contributed by atoms with Gasteiger partial charge in [0.1, 0.15) is 0 Å². The molecule has 99 heavy (non-hydrogen) atoms. The van der Waals surface area contributed by atoms with Crippen LogP contribution in [0.3, 0.4) is 0 Å². The van der Waals surface area contributed by atoms with Crippen molar-refractivity contribution in [2.24, 2.45) is 0 Å². The molecular formula is C79H45ClFN9S3Se6. The molecule has 0 bridgehead atoms. The summed E-state index contributed by atoms with van der Waals surface area (Å²) in [6.07, 6.45) is 5.96. The molecule has 0 fully saturated rings. The Balaban J connectivity index is 0.000000116. The zero-order chi connectivity index (χ0) is 67.1. The number of aromatic nitrogens is 3. The first kappa shape index (κ1) is 65.1. The fourth-order valence-corrected chi connectivity index (χ4v) is 27.5. The third-order valence-electron chi connectivity index (χ3n) is 16.0. The maximum absolute atomic E-state index is 13.6. The van der Waals surface area contributed by atoms with Gasteiger partial charge in [-0.15, -0.1) is 0 Å². The summed E-state index contributed by atoms with van der Waals surface area (Å²) in [6, 6.07) is 88.5. The molecule has 3 aliphatic rings. The van der Waals surface area contributed by atoms with E-state index in [2.05, 4.69) is 244 Å². The van der Waals surface area contributed by atoms with Crippen molar-refractivity contribution in [1.82, 2.24) is 15.0 Å². The van der Waals surface area contributed by atoms with E-state index in [0.717, 1.165) is 44.0 Å². The number of nitriles is 3. The number of para-hydroxylation sites is 6. The monoisotopic (exact) mass is 1750 g/mol. The van der Waals surface area contributed by atoms with E-state index in [4.69, 9.17) is 16.6 Å². The fraction of sp³-hybridized carbons (Fsp3) is 0.0127. The Hall–Kier alpha value is -8.48. The molecule has 0 amide bonds. The molecular weight excluding hydrogens is 1700 g/mol. The summed E-state index contributed by atoms with van der Waals surface area (Å²) in [7, 11) is 0. The Bertz CT molecular complexity index is 5210. The minimum atomic E-state index is -0.292. The average Bonchev–Trinajstić information content (AvgIpc) is 1.44. The number of fused-ring (bicyclic) bond motifs is 9. The zero-order valence-corrected chi connectivity index (χ0v) is 65.2. The number of halogens is 2. The maximum atomic E-state index is 13.6. The van der Waals surface area contributed by atoms with Crippen LogP contribution >= 0.6 is 45.6 Å². The molecule has 0 radical (unpaired) electrons. The quantitative estimate of drug-likeness (QED) is 0.103. The Morgan fingerprint density at radius 2 is 0.687 bits per heavy atom. The van der Waals surface area contributed by atoms with Crippen LogP contribution in [0, 0.1) is 46.7 Å². The van der Waals surface area contributed by atoms with E-state index in [0.29, 0.717) is 62.2 Å². The van der Waals surface area contributed by atoms with E-state index < -0.39 is 0 Å². The van der Waals surface area contributed by atoms with Gasteiger partial charge in [-0.1, -0.05) is 0 Å². The summed E-state index contributed by atoms with van der Waals surface area (Å²) in [5, 5.41) is 32.4. The van der Waals surface area contributed by atoms with Crippen molar-refractivity contribution >= 4 is 274 Å². The average molecular weight is 1740 g/mol. The van der Waals surface area contributed by atoms with Crippen molar-refractivity contribution in [2.45, 2.75) is 6.92 Å². The van der Waals surface area contributed by atoms with Gasteiger partial charge in [-0.05, 0) is 0 Å². The molecule has 0 N–H and O–H groups in total. The third kappa shape index (κ3) is 13.5. The van der Waals surface area contributed by atoms with E-state index in [1.807, 2.05) is 42.5 Å². The number of hydrogen-bond acceptors (Lipinski definition) is 12. The Labute approximate surface area is 623 Å². The number of aryl methyl sites for hydroxylation is 1. The second kappa shape index (κ2) is 28.6. The Morgan fingerprint density at radius 1 is 0.384 bits per heavy atom. The normalized spacial score (nSPS) is 13.0. The van der Waals surface area contributed by atoms with Gasteiger partial charge in [0, 0.05) is 0 Å². The first-order valence-corrected chi connectivity index (χ1v) is 43.8.